The minimum atomic E-state index is -3.37. The highest BCUT2D eigenvalue weighted by atomic mass is 32.2. The number of aromatic carboxylic acids is 1. The predicted octanol–water partition coefficient (Wildman–Crippen LogP) is 4.94. The first-order valence-electron chi connectivity index (χ1n) is 10.4. The van der Waals surface area contributed by atoms with Crippen LogP contribution < -0.4 is 14.8 Å². The Labute approximate surface area is 200 Å². The van der Waals surface area contributed by atoms with Crippen LogP contribution in [0.3, 0.4) is 0 Å². The van der Waals surface area contributed by atoms with Gasteiger partial charge in [-0.25, -0.2) is 17.6 Å². The topological polar surface area (TPSA) is 115 Å². The average molecular weight is 500 g/mol. The number of nitrogens with one attached hydrogen (secondary N) is 1. The molecule has 0 radical (unpaired) electrons. The molecule has 4 aromatic rings. The van der Waals surface area contributed by atoms with E-state index in [0.29, 0.717) is 17.0 Å². The SMILES string of the molecule is COc1ccc(COc2cc3c(C(=O)O)c(-c4ccc(F)cc4)oc3cc2NCS(C)(=O)=O)cc1. The van der Waals surface area contributed by atoms with E-state index < -0.39 is 21.6 Å². The third-order valence-corrected chi connectivity index (χ3v) is 5.86. The van der Waals surface area contributed by atoms with Gasteiger partial charge in [0.15, 0.2) is 9.84 Å². The Kier molecular flexibility index (Phi) is 6.65. The molecule has 10 heteroatoms. The number of hydrogen-bond donors (Lipinski definition) is 2. The van der Waals surface area contributed by atoms with Gasteiger partial charge in [0.25, 0.3) is 0 Å². The maximum Gasteiger partial charge on any atom is 0.340 e. The number of carboxylic acids is 1. The van der Waals surface area contributed by atoms with Crippen LogP contribution in [0.15, 0.2) is 65.1 Å². The van der Waals surface area contributed by atoms with Crippen molar-refractivity contribution in [1.29, 1.82) is 0 Å². The Hall–Kier alpha value is -4.05. The fourth-order valence-electron chi connectivity index (χ4n) is 3.49. The van der Waals surface area contributed by atoms with E-state index in [1.807, 2.05) is 12.1 Å². The van der Waals surface area contributed by atoms with E-state index in [0.717, 1.165) is 11.8 Å². The van der Waals surface area contributed by atoms with Gasteiger partial charge in [0.05, 0.1) is 12.8 Å². The summed E-state index contributed by atoms with van der Waals surface area (Å²) in [7, 11) is -1.81. The van der Waals surface area contributed by atoms with E-state index in [4.69, 9.17) is 13.9 Å². The molecular weight excluding hydrogens is 477 g/mol. The smallest absolute Gasteiger partial charge is 0.340 e. The van der Waals surface area contributed by atoms with E-state index in [1.165, 1.54) is 36.4 Å². The molecule has 35 heavy (non-hydrogen) atoms. The van der Waals surface area contributed by atoms with Crippen molar-refractivity contribution in [2.45, 2.75) is 6.61 Å². The molecule has 1 aromatic heterocycles. The molecule has 4 rings (SSSR count). The van der Waals surface area contributed by atoms with Crippen LogP contribution in [0.4, 0.5) is 10.1 Å². The van der Waals surface area contributed by atoms with Crippen LogP contribution in [0, 0.1) is 5.82 Å². The Balaban J connectivity index is 1.79. The maximum absolute atomic E-state index is 13.4. The average Bonchev–Trinajstić information content (AvgIpc) is 3.20. The number of anilines is 1. The summed E-state index contributed by atoms with van der Waals surface area (Å²) in [4.78, 5) is 12.1. The summed E-state index contributed by atoms with van der Waals surface area (Å²) in [6.07, 6.45) is 1.08. The number of ether oxygens (including phenoxy) is 2. The Bertz CT molecular complexity index is 1480. The molecule has 0 atom stereocenters. The summed E-state index contributed by atoms with van der Waals surface area (Å²) in [6, 6.07) is 15.4. The number of hydrogen-bond acceptors (Lipinski definition) is 7. The molecule has 0 amide bonds. The number of methoxy groups -OCH3 is 1. The summed E-state index contributed by atoms with van der Waals surface area (Å²) in [6.45, 7) is 0.133. The van der Waals surface area contributed by atoms with Crippen molar-refractivity contribution in [1.82, 2.24) is 0 Å². The highest BCUT2D eigenvalue weighted by Gasteiger charge is 2.24. The second kappa shape index (κ2) is 9.67. The highest BCUT2D eigenvalue weighted by Crippen LogP contribution is 2.39. The van der Waals surface area contributed by atoms with Crippen molar-refractivity contribution in [3.05, 3.63) is 77.6 Å². The normalized spacial score (nSPS) is 11.4. The molecule has 1 heterocycles. The summed E-state index contributed by atoms with van der Waals surface area (Å²) in [5.74, 6) is -1.10. The summed E-state index contributed by atoms with van der Waals surface area (Å²) in [5, 5.41) is 13.0. The molecule has 0 aliphatic rings. The lowest BCUT2D eigenvalue weighted by molar-refractivity contribution is 0.0699. The zero-order valence-electron chi connectivity index (χ0n) is 18.9. The zero-order chi connectivity index (χ0) is 25.2. The second-order valence-corrected chi connectivity index (χ2v) is 9.99. The van der Waals surface area contributed by atoms with Crippen LogP contribution in [0.2, 0.25) is 0 Å². The Morgan fingerprint density at radius 2 is 1.77 bits per heavy atom. The van der Waals surface area contributed by atoms with E-state index in [1.54, 1.807) is 19.2 Å². The molecule has 0 aliphatic heterocycles. The van der Waals surface area contributed by atoms with Crippen molar-refractivity contribution >= 4 is 32.5 Å². The number of carboxylic acid groups (broad SMARTS) is 1. The molecule has 0 fully saturated rings. The molecule has 3 aromatic carbocycles. The fraction of sp³-hybridized carbons (Fsp3) is 0.160. The van der Waals surface area contributed by atoms with Gasteiger partial charge in [-0.3, -0.25) is 0 Å². The zero-order valence-corrected chi connectivity index (χ0v) is 19.7. The van der Waals surface area contributed by atoms with Gasteiger partial charge in [0, 0.05) is 23.3 Å². The number of halogens is 1. The number of carbonyl (C=O) groups is 1. The summed E-state index contributed by atoms with van der Waals surface area (Å²) < 4.78 is 53.8. The molecule has 0 saturated carbocycles. The van der Waals surface area contributed by atoms with Gasteiger partial charge < -0.3 is 24.3 Å². The van der Waals surface area contributed by atoms with E-state index >= 15 is 0 Å². The first-order valence-corrected chi connectivity index (χ1v) is 12.5. The second-order valence-electron chi connectivity index (χ2n) is 7.85. The van der Waals surface area contributed by atoms with E-state index in [-0.39, 0.29) is 40.5 Å². The molecule has 8 nitrogen and oxygen atoms in total. The molecule has 2 N–H and O–H groups in total. The van der Waals surface area contributed by atoms with Gasteiger partial charge in [-0.1, -0.05) is 12.1 Å². The number of fused-ring (bicyclic) bond motifs is 1. The van der Waals surface area contributed by atoms with Crippen molar-refractivity contribution in [2.24, 2.45) is 0 Å². The van der Waals surface area contributed by atoms with Crippen molar-refractivity contribution in [3.8, 4) is 22.8 Å². The molecule has 182 valence electrons. The van der Waals surface area contributed by atoms with Crippen molar-refractivity contribution in [3.63, 3.8) is 0 Å². The molecule has 0 unspecified atom stereocenters. The third kappa shape index (κ3) is 5.55. The van der Waals surface area contributed by atoms with Gasteiger partial charge >= 0.3 is 5.97 Å². The largest absolute Gasteiger partial charge is 0.497 e. The minimum Gasteiger partial charge on any atom is -0.497 e. The third-order valence-electron chi connectivity index (χ3n) is 5.19. The van der Waals surface area contributed by atoms with Crippen LogP contribution in [0.1, 0.15) is 15.9 Å². The quantitative estimate of drug-likeness (QED) is 0.333. The maximum atomic E-state index is 13.4. The number of rotatable bonds is 9. The minimum absolute atomic E-state index is 0.0499. The standard InChI is InChI=1S/C25H22FNO7S/c1-32-18-9-3-15(4-10-18)13-33-22-11-19-21(12-20(22)27-14-35(2,30)31)34-24(23(19)25(28)29)16-5-7-17(26)8-6-16/h3-12,27H,13-14H2,1-2H3,(H,28,29). The highest BCUT2D eigenvalue weighted by molar-refractivity contribution is 7.90. The number of benzene rings is 3. The summed E-state index contributed by atoms with van der Waals surface area (Å²) >= 11 is 0. The first kappa shape index (κ1) is 24.1. The first-order chi connectivity index (χ1) is 16.6. The molecule has 0 spiro atoms. The van der Waals surface area contributed by atoms with Gasteiger partial charge in [-0.15, -0.1) is 0 Å². The van der Waals surface area contributed by atoms with E-state index in [2.05, 4.69) is 5.32 Å². The van der Waals surface area contributed by atoms with Crippen LogP contribution in [-0.4, -0.2) is 38.7 Å². The summed E-state index contributed by atoms with van der Waals surface area (Å²) in [5.41, 5.74) is 1.60. The van der Waals surface area contributed by atoms with Crippen LogP contribution in [0.5, 0.6) is 11.5 Å². The molecular formula is C25H22FNO7S. The monoisotopic (exact) mass is 499 g/mol. The Morgan fingerprint density at radius 1 is 1.09 bits per heavy atom. The molecule has 0 aliphatic carbocycles. The molecule has 0 saturated heterocycles. The van der Waals surface area contributed by atoms with E-state index in [9.17, 15) is 22.7 Å². The van der Waals surface area contributed by atoms with Gasteiger partial charge in [0.1, 0.15) is 46.7 Å². The Morgan fingerprint density at radius 3 is 2.37 bits per heavy atom. The van der Waals surface area contributed by atoms with Crippen molar-refractivity contribution < 1.29 is 36.6 Å². The number of furan rings is 1. The lowest BCUT2D eigenvalue weighted by Crippen LogP contribution is -2.13. The van der Waals surface area contributed by atoms with Gasteiger partial charge in [0.2, 0.25) is 0 Å². The van der Waals surface area contributed by atoms with Crippen LogP contribution in [-0.2, 0) is 16.4 Å². The predicted molar refractivity (Wildman–Crippen MR) is 129 cm³/mol. The lowest BCUT2D eigenvalue weighted by Gasteiger charge is -2.13. The number of sulfone groups is 1. The molecule has 0 bridgehead atoms. The van der Waals surface area contributed by atoms with Gasteiger partial charge in [-0.05, 0) is 48.0 Å². The lowest BCUT2D eigenvalue weighted by atomic mass is 10.0. The van der Waals surface area contributed by atoms with Crippen LogP contribution >= 0.6 is 0 Å². The van der Waals surface area contributed by atoms with Crippen molar-refractivity contribution in [2.75, 3.05) is 24.6 Å². The fourth-order valence-corrected chi connectivity index (χ4v) is 3.91. The van der Waals surface area contributed by atoms with Gasteiger partial charge in [-0.2, -0.15) is 0 Å². The van der Waals surface area contributed by atoms with Crippen LogP contribution in [0.25, 0.3) is 22.3 Å².